The van der Waals surface area contributed by atoms with E-state index < -0.39 is 0 Å². The minimum atomic E-state index is -0.314. The summed E-state index contributed by atoms with van der Waals surface area (Å²) in [7, 11) is 1.76. The molecule has 0 radical (unpaired) electrons. The molecule has 2 aromatic heterocycles. The highest BCUT2D eigenvalue weighted by Gasteiger charge is 2.16. The second-order valence-electron chi connectivity index (χ2n) is 5.78. The number of aldehydes is 1. The van der Waals surface area contributed by atoms with Crippen LogP contribution in [0, 0.1) is 19.8 Å². The lowest BCUT2D eigenvalue weighted by atomic mass is 10.2. The van der Waals surface area contributed by atoms with Gasteiger partial charge in [0.1, 0.15) is 6.29 Å². The number of rotatable bonds is 3. The summed E-state index contributed by atoms with van der Waals surface area (Å²) in [5.41, 5.74) is 2.10. The van der Waals surface area contributed by atoms with Crippen molar-refractivity contribution in [3.63, 3.8) is 0 Å². The number of aromatic nitrogens is 2. The largest absolute Gasteiger partial charge is 0.365 e. The van der Waals surface area contributed by atoms with E-state index in [9.17, 15) is 4.39 Å². The molecule has 0 aliphatic carbocycles. The molecule has 1 aliphatic heterocycles. The standard InChI is InChI=1S/C9H14FN3S.C7H8ClN.C2H4O/c1-11-9-12-8(10)7(14-9)6-13-4-2-3-5-13;1-5-3-6(2)9-4-7(5)8;1-2-3/h2-6H2,1H3,(H,11,12);3-4H,1-2H3;2H,1H3. The minimum absolute atomic E-state index is 0.314. The van der Waals surface area contributed by atoms with Crippen molar-refractivity contribution in [1.82, 2.24) is 14.9 Å². The lowest BCUT2D eigenvalue weighted by Gasteiger charge is -2.11. The number of thiazole rings is 1. The highest BCUT2D eigenvalue weighted by Crippen LogP contribution is 2.24. The van der Waals surface area contributed by atoms with E-state index in [4.69, 9.17) is 16.4 Å². The van der Waals surface area contributed by atoms with Gasteiger partial charge in [-0.25, -0.2) is 0 Å². The first-order valence-electron chi connectivity index (χ1n) is 8.45. The number of carbonyl (C=O) groups is 1. The number of anilines is 1. The molecule has 144 valence electrons. The fourth-order valence-corrected chi connectivity index (χ4v) is 3.30. The van der Waals surface area contributed by atoms with Gasteiger partial charge in [-0.1, -0.05) is 22.9 Å². The van der Waals surface area contributed by atoms with Crippen molar-refractivity contribution >= 4 is 34.4 Å². The molecule has 2 aromatic rings. The van der Waals surface area contributed by atoms with Crippen LogP contribution in [0.25, 0.3) is 0 Å². The summed E-state index contributed by atoms with van der Waals surface area (Å²) in [5.74, 6) is -0.314. The predicted octanol–water partition coefficient (Wildman–Crippen LogP) is 4.48. The third-order valence-electron chi connectivity index (χ3n) is 3.61. The van der Waals surface area contributed by atoms with Crippen LogP contribution in [-0.2, 0) is 11.3 Å². The Bertz CT molecular complexity index is 690. The van der Waals surface area contributed by atoms with Gasteiger partial charge in [-0.05, 0) is 58.3 Å². The Morgan fingerprint density at radius 2 is 2.00 bits per heavy atom. The second-order valence-corrected chi connectivity index (χ2v) is 7.27. The number of nitrogens with zero attached hydrogens (tertiary/aromatic N) is 3. The van der Waals surface area contributed by atoms with Gasteiger partial charge < -0.3 is 10.1 Å². The number of likely N-dealkylation sites (tertiary alicyclic amines) is 1. The molecule has 0 bridgehead atoms. The molecule has 26 heavy (non-hydrogen) atoms. The maximum atomic E-state index is 13.3. The second kappa shape index (κ2) is 11.9. The molecule has 0 unspecified atom stereocenters. The van der Waals surface area contributed by atoms with Gasteiger partial charge in [-0.2, -0.15) is 9.37 Å². The summed E-state index contributed by atoms with van der Waals surface area (Å²) in [6, 6.07) is 1.96. The Morgan fingerprint density at radius 3 is 2.46 bits per heavy atom. The summed E-state index contributed by atoms with van der Waals surface area (Å²) < 4.78 is 13.3. The van der Waals surface area contributed by atoms with Gasteiger partial charge >= 0.3 is 0 Å². The topological polar surface area (TPSA) is 58.1 Å². The van der Waals surface area contributed by atoms with Crippen molar-refractivity contribution in [3.05, 3.63) is 39.4 Å². The highest BCUT2D eigenvalue weighted by molar-refractivity contribution is 7.15. The third-order valence-corrected chi connectivity index (χ3v) is 5.04. The molecule has 5 nitrogen and oxygen atoms in total. The van der Waals surface area contributed by atoms with Gasteiger partial charge in [0.05, 0.1) is 9.90 Å². The number of aryl methyl sites for hydroxylation is 2. The molecule has 0 atom stereocenters. The zero-order valence-electron chi connectivity index (χ0n) is 15.7. The van der Waals surface area contributed by atoms with Crippen LogP contribution < -0.4 is 5.32 Å². The van der Waals surface area contributed by atoms with Gasteiger partial charge in [0.25, 0.3) is 0 Å². The van der Waals surface area contributed by atoms with Crippen LogP contribution in [0.4, 0.5) is 9.52 Å². The molecule has 1 saturated heterocycles. The summed E-state index contributed by atoms with van der Waals surface area (Å²) in [4.78, 5) is 19.6. The van der Waals surface area contributed by atoms with Crippen molar-refractivity contribution in [2.45, 2.75) is 40.2 Å². The van der Waals surface area contributed by atoms with Crippen LogP contribution >= 0.6 is 22.9 Å². The van der Waals surface area contributed by atoms with E-state index in [1.807, 2.05) is 19.9 Å². The molecule has 3 heterocycles. The van der Waals surface area contributed by atoms with E-state index in [0.717, 1.165) is 40.5 Å². The molecule has 1 aliphatic rings. The summed E-state index contributed by atoms with van der Waals surface area (Å²) in [6.45, 7) is 8.25. The van der Waals surface area contributed by atoms with Crippen molar-refractivity contribution in [3.8, 4) is 0 Å². The SMILES string of the molecule is CC=O.CNc1nc(F)c(CN2CCCC2)s1.Cc1cc(C)c(Cl)cn1. The first-order chi connectivity index (χ1) is 12.4. The first kappa shape index (κ1) is 22.5. The molecule has 3 rings (SSSR count). The zero-order valence-corrected chi connectivity index (χ0v) is 17.3. The van der Waals surface area contributed by atoms with E-state index in [2.05, 4.69) is 20.2 Å². The van der Waals surface area contributed by atoms with Gasteiger partial charge in [0.15, 0.2) is 5.13 Å². The van der Waals surface area contributed by atoms with E-state index >= 15 is 0 Å². The van der Waals surface area contributed by atoms with E-state index in [0.29, 0.717) is 11.7 Å². The van der Waals surface area contributed by atoms with Crippen LogP contribution in [0.1, 0.15) is 35.9 Å². The average molecular weight is 401 g/mol. The van der Waals surface area contributed by atoms with Crippen LogP contribution in [0.3, 0.4) is 0 Å². The maximum Gasteiger partial charge on any atom is 0.230 e. The fraction of sp³-hybridized carbons (Fsp3) is 0.500. The van der Waals surface area contributed by atoms with Crippen molar-refractivity contribution in [2.75, 3.05) is 25.5 Å². The number of nitrogens with one attached hydrogen (secondary N) is 1. The monoisotopic (exact) mass is 400 g/mol. The maximum absolute atomic E-state index is 13.3. The van der Waals surface area contributed by atoms with Crippen molar-refractivity contribution in [2.24, 2.45) is 0 Å². The van der Waals surface area contributed by atoms with Gasteiger partial charge in [-0.15, -0.1) is 0 Å². The van der Waals surface area contributed by atoms with Crippen LogP contribution in [-0.4, -0.2) is 41.3 Å². The first-order valence-corrected chi connectivity index (χ1v) is 9.64. The molecule has 0 spiro atoms. The third kappa shape index (κ3) is 7.76. The van der Waals surface area contributed by atoms with Crippen molar-refractivity contribution < 1.29 is 9.18 Å². The summed E-state index contributed by atoms with van der Waals surface area (Å²) >= 11 is 7.13. The van der Waals surface area contributed by atoms with E-state index in [-0.39, 0.29) is 5.95 Å². The Kier molecular flexibility index (Phi) is 10.3. The normalized spacial score (nSPS) is 13.3. The zero-order chi connectivity index (χ0) is 19.5. The average Bonchev–Trinajstić information content (AvgIpc) is 3.23. The number of hydrogen-bond donors (Lipinski definition) is 1. The Hall–Kier alpha value is -1.57. The van der Waals surface area contributed by atoms with Crippen LogP contribution in [0.5, 0.6) is 0 Å². The molecule has 1 N–H and O–H groups in total. The Balaban J connectivity index is 0.000000243. The number of carbonyl (C=O) groups excluding carboxylic acids is 1. The predicted molar refractivity (Wildman–Crippen MR) is 107 cm³/mol. The van der Waals surface area contributed by atoms with E-state index in [1.54, 1.807) is 13.2 Å². The fourth-order valence-electron chi connectivity index (χ4n) is 2.36. The van der Waals surface area contributed by atoms with Crippen LogP contribution in [0.15, 0.2) is 12.3 Å². The van der Waals surface area contributed by atoms with E-state index in [1.165, 1.54) is 31.1 Å². The van der Waals surface area contributed by atoms with Gasteiger partial charge in [-0.3, -0.25) is 9.88 Å². The van der Waals surface area contributed by atoms with Gasteiger partial charge in [0, 0.05) is 25.5 Å². The molecule has 1 fully saturated rings. The summed E-state index contributed by atoms with van der Waals surface area (Å²) in [6.07, 6.45) is 4.89. The number of halogens is 2. The lowest BCUT2D eigenvalue weighted by Crippen LogP contribution is -2.18. The lowest BCUT2D eigenvalue weighted by molar-refractivity contribution is -0.106. The number of pyridine rings is 1. The molecule has 0 amide bonds. The number of hydrogen-bond acceptors (Lipinski definition) is 6. The van der Waals surface area contributed by atoms with Gasteiger partial charge in [0.2, 0.25) is 5.95 Å². The smallest absolute Gasteiger partial charge is 0.230 e. The Labute approximate surface area is 163 Å². The minimum Gasteiger partial charge on any atom is -0.365 e. The van der Waals surface area contributed by atoms with Crippen LogP contribution in [0.2, 0.25) is 5.02 Å². The highest BCUT2D eigenvalue weighted by atomic mass is 35.5. The summed E-state index contributed by atoms with van der Waals surface area (Å²) in [5, 5.41) is 4.26. The van der Waals surface area contributed by atoms with Crippen molar-refractivity contribution in [1.29, 1.82) is 0 Å². The molecule has 0 saturated carbocycles. The quantitative estimate of drug-likeness (QED) is 0.770. The molecular weight excluding hydrogens is 375 g/mol. The Morgan fingerprint density at radius 1 is 1.38 bits per heavy atom. The molecular formula is C18H26ClFN4OS. The molecule has 8 heteroatoms. The molecule has 0 aromatic carbocycles.